The summed E-state index contributed by atoms with van der Waals surface area (Å²) >= 11 is 6.01. The van der Waals surface area contributed by atoms with E-state index in [4.69, 9.17) is 21.3 Å². The zero-order valence-corrected chi connectivity index (χ0v) is 20.7. The quantitative estimate of drug-likeness (QED) is 0.265. The van der Waals surface area contributed by atoms with Gasteiger partial charge >= 0.3 is 12.6 Å². The minimum absolute atomic E-state index is 0.0427. The zero-order chi connectivity index (χ0) is 26.6. The fourth-order valence-electron chi connectivity index (χ4n) is 4.43. The number of hydrogen-bond acceptors (Lipinski definition) is 5. The van der Waals surface area contributed by atoms with Gasteiger partial charge in [-0.1, -0.05) is 54.1 Å². The summed E-state index contributed by atoms with van der Waals surface area (Å²) in [7, 11) is 0. The number of carbonyl (C=O) groups excluding carboxylic acids is 2. The van der Waals surface area contributed by atoms with Crippen LogP contribution in [0.3, 0.4) is 0 Å². The molecular weight excluding hydrogens is 514 g/mol. The number of nitrogens with one attached hydrogen (secondary N) is 1. The highest BCUT2D eigenvalue weighted by molar-refractivity contribution is 6.30. The van der Waals surface area contributed by atoms with E-state index in [-0.39, 0.29) is 11.4 Å². The third-order valence-corrected chi connectivity index (χ3v) is 6.32. The molecule has 0 aliphatic heterocycles. The smallest absolute Gasteiger partial charge is 0.387 e. The molecular formula is C29H21ClF2N2O4. The SMILES string of the molecule is O=C(COC(=O)c1c2c(nc3ccccc13)/C(=C\c1ccc(Cl)cc1)CC2)Nc1ccccc1OC(F)F. The highest BCUT2D eigenvalue weighted by atomic mass is 35.5. The number of halogens is 3. The van der Waals surface area contributed by atoms with Crippen LogP contribution in [0.2, 0.25) is 5.02 Å². The second-order valence-corrected chi connectivity index (χ2v) is 8.99. The molecule has 0 saturated carbocycles. The lowest BCUT2D eigenvalue weighted by atomic mass is 10.0. The molecule has 0 unspecified atom stereocenters. The van der Waals surface area contributed by atoms with E-state index in [0.717, 1.165) is 16.7 Å². The molecule has 1 N–H and O–H groups in total. The Kier molecular flexibility index (Phi) is 7.33. The normalized spacial score (nSPS) is 13.5. The Balaban J connectivity index is 1.39. The second kappa shape index (κ2) is 11.0. The number of ether oxygens (including phenoxy) is 2. The van der Waals surface area contributed by atoms with Crippen LogP contribution >= 0.6 is 11.6 Å². The van der Waals surface area contributed by atoms with Gasteiger partial charge in [0.05, 0.1) is 22.5 Å². The van der Waals surface area contributed by atoms with Crippen molar-refractivity contribution in [2.45, 2.75) is 19.5 Å². The maximum Gasteiger partial charge on any atom is 0.387 e. The molecule has 0 fully saturated rings. The monoisotopic (exact) mass is 534 g/mol. The number of para-hydroxylation sites is 3. The summed E-state index contributed by atoms with van der Waals surface area (Å²) in [5.41, 5.74) is 4.45. The number of rotatable bonds is 7. The third kappa shape index (κ3) is 5.50. The molecule has 0 spiro atoms. The number of nitrogens with zero attached hydrogens (tertiary/aromatic N) is 1. The van der Waals surface area contributed by atoms with Crippen LogP contribution in [0, 0.1) is 0 Å². The van der Waals surface area contributed by atoms with Gasteiger partial charge in [-0.25, -0.2) is 9.78 Å². The van der Waals surface area contributed by atoms with Crippen molar-refractivity contribution in [3.8, 4) is 5.75 Å². The van der Waals surface area contributed by atoms with Crippen LogP contribution in [0.4, 0.5) is 14.5 Å². The van der Waals surface area contributed by atoms with E-state index in [9.17, 15) is 18.4 Å². The lowest BCUT2D eigenvalue weighted by Gasteiger charge is -2.13. The van der Waals surface area contributed by atoms with Crippen molar-refractivity contribution in [3.05, 3.63) is 100 Å². The number of carbonyl (C=O) groups is 2. The number of pyridine rings is 1. The number of aromatic nitrogens is 1. The Bertz CT molecular complexity index is 1550. The summed E-state index contributed by atoms with van der Waals surface area (Å²) in [6.07, 6.45) is 3.29. The Morgan fingerprint density at radius 1 is 1.00 bits per heavy atom. The molecule has 1 aromatic heterocycles. The number of anilines is 1. The van der Waals surface area contributed by atoms with Crippen LogP contribution in [-0.4, -0.2) is 30.1 Å². The third-order valence-electron chi connectivity index (χ3n) is 6.07. The number of fused-ring (bicyclic) bond motifs is 2. The van der Waals surface area contributed by atoms with Gasteiger partial charge < -0.3 is 14.8 Å². The maximum absolute atomic E-state index is 13.3. The van der Waals surface area contributed by atoms with E-state index >= 15 is 0 Å². The summed E-state index contributed by atoms with van der Waals surface area (Å²) in [5.74, 6) is -1.55. The first-order valence-corrected chi connectivity index (χ1v) is 12.2. The molecule has 1 aliphatic rings. The Morgan fingerprint density at radius 3 is 2.53 bits per heavy atom. The number of esters is 1. The Hall–Kier alpha value is -4.30. The van der Waals surface area contributed by atoms with E-state index in [0.29, 0.717) is 40.0 Å². The van der Waals surface area contributed by atoms with Gasteiger partial charge in [0, 0.05) is 10.4 Å². The van der Waals surface area contributed by atoms with Gasteiger partial charge in [0.25, 0.3) is 5.91 Å². The van der Waals surface area contributed by atoms with Gasteiger partial charge in [-0.05, 0) is 65.9 Å². The standard InChI is InChI=1S/C29H21ClF2N2O4/c30-19-12-9-17(10-13-19)15-18-11-14-21-26(20-5-1-2-6-22(20)34-27(18)21)28(36)37-16-25(35)33-23-7-3-4-8-24(23)38-29(31)32/h1-10,12-13,15,29H,11,14,16H2,(H,33,35)/b18-15-. The first kappa shape index (κ1) is 25.4. The molecule has 0 atom stereocenters. The lowest BCUT2D eigenvalue weighted by Crippen LogP contribution is -2.22. The molecule has 0 saturated heterocycles. The van der Waals surface area contributed by atoms with Crippen LogP contribution in [0.15, 0.2) is 72.8 Å². The van der Waals surface area contributed by atoms with E-state index in [1.807, 2.05) is 42.5 Å². The number of allylic oxidation sites excluding steroid dienone is 1. The minimum atomic E-state index is -3.05. The molecule has 9 heteroatoms. The molecule has 5 rings (SSSR count). The average molecular weight is 535 g/mol. The highest BCUT2D eigenvalue weighted by Gasteiger charge is 2.28. The summed E-state index contributed by atoms with van der Waals surface area (Å²) < 4.78 is 35.1. The molecule has 38 heavy (non-hydrogen) atoms. The number of benzene rings is 3. The predicted octanol–water partition coefficient (Wildman–Crippen LogP) is 6.77. The number of hydrogen-bond donors (Lipinski definition) is 1. The molecule has 6 nitrogen and oxygen atoms in total. The van der Waals surface area contributed by atoms with Crippen LogP contribution in [-0.2, 0) is 16.0 Å². The molecule has 1 aliphatic carbocycles. The van der Waals surface area contributed by atoms with Gasteiger partial charge in [-0.15, -0.1) is 0 Å². The van der Waals surface area contributed by atoms with Crippen molar-refractivity contribution in [3.63, 3.8) is 0 Å². The van der Waals surface area contributed by atoms with E-state index in [2.05, 4.69) is 10.1 Å². The van der Waals surface area contributed by atoms with Crippen molar-refractivity contribution < 1.29 is 27.8 Å². The van der Waals surface area contributed by atoms with Gasteiger partial charge in [0.15, 0.2) is 6.61 Å². The average Bonchev–Trinajstić information content (AvgIpc) is 3.30. The van der Waals surface area contributed by atoms with Crippen LogP contribution in [0.5, 0.6) is 5.75 Å². The fraction of sp³-hybridized carbons (Fsp3) is 0.138. The van der Waals surface area contributed by atoms with Crippen molar-refractivity contribution >= 4 is 51.7 Å². The van der Waals surface area contributed by atoms with Crippen molar-refractivity contribution in [1.29, 1.82) is 0 Å². The lowest BCUT2D eigenvalue weighted by molar-refractivity contribution is -0.119. The van der Waals surface area contributed by atoms with E-state index in [1.54, 1.807) is 18.2 Å². The van der Waals surface area contributed by atoms with Gasteiger partial charge in [0.1, 0.15) is 5.75 Å². The van der Waals surface area contributed by atoms with Gasteiger partial charge in [0.2, 0.25) is 0 Å². The number of alkyl halides is 2. The first-order chi connectivity index (χ1) is 18.4. The first-order valence-electron chi connectivity index (χ1n) is 11.8. The molecule has 192 valence electrons. The summed E-state index contributed by atoms with van der Waals surface area (Å²) in [5, 5.41) is 3.71. The largest absolute Gasteiger partial charge is 0.452 e. The molecule has 4 aromatic rings. The van der Waals surface area contributed by atoms with Crippen molar-refractivity contribution in [2.24, 2.45) is 0 Å². The Morgan fingerprint density at radius 2 is 1.74 bits per heavy atom. The molecule has 3 aromatic carbocycles. The molecule has 0 bridgehead atoms. The predicted molar refractivity (Wildman–Crippen MR) is 141 cm³/mol. The zero-order valence-electron chi connectivity index (χ0n) is 19.9. The molecule has 0 radical (unpaired) electrons. The van der Waals surface area contributed by atoms with Crippen molar-refractivity contribution in [2.75, 3.05) is 11.9 Å². The van der Waals surface area contributed by atoms with Crippen LogP contribution in [0.25, 0.3) is 22.6 Å². The maximum atomic E-state index is 13.3. The summed E-state index contributed by atoms with van der Waals surface area (Å²) in [6, 6.07) is 20.5. The van der Waals surface area contributed by atoms with E-state index in [1.165, 1.54) is 18.2 Å². The fourth-order valence-corrected chi connectivity index (χ4v) is 4.56. The minimum Gasteiger partial charge on any atom is -0.452 e. The Labute approximate surface area is 221 Å². The topological polar surface area (TPSA) is 77.5 Å². The second-order valence-electron chi connectivity index (χ2n) is 8.55. The van der Waals surface area contributed by atoms with Crippen LogP contribution in [0.1, 0.15) is 33.6 Å². The molecule has 1 amide bonds. The highest BCUT2D eigenvalue weighted by Crippen LogP contribution is 2.38. The summed E-state index contributed by atoms with van der Waals surface area (Å²) in [4.78, 5) is 30.6. The molecule has 1 heterocycles. The van der Waals surface area contributed by atoms with Gasteiger partial charge in [-0.2, -0.15) is 8.78 Å². The number of amides is 1. The van der Waals surface area contributed by atoms with E-state index < -0.39 is 25.1 Å². The van der Waals surface area contributed by atoms with Crippen LogP contribution < -0.4 is 10.1 Å². The summed E-state index contributed by atoms with van der Waals surface area (Å²) in [6.45, 7) is -3.66. The van der Waals surface area contributed by atoms with Crippen molar-refractivity contribution in [1.82, 2.24) is 4.98 Å². The van der Waals surface area contributed by atoms with Gasteiger partial charge in [-0.3, -0.25) is 4.79 Å².